The van der Waals surface area contributed by atoms with E-state index in [9.17, 15) is 0 Å². The van der Waals surface area contributed by atoms with Crippen molar-refractivity contribution in [3.8, 4) is 0 Å². The SMILES string of the molecule is [C-]#[N+]CCN(CC[N+]#[C-])c1ccc(N=N)c(CCC)c1. The van der Waals surface area contributed by atoms with Crippen molar-refractivity contribution in [3.05, 3.63) is 46.6 Å². The summed E-state index contributed by atoms with van der Waals surface area (Å²) in [6.45, 7) is 18.0. The zero-order valence-electron chi connectivity index (χ0n) is 11.8. The zero-order chi connectivity index (χ0) is 14.8. The number of nitrogens with zero attached hydrogens (tertiary/aromatic N) is 4. The Morgan fingerprint density at radius 3 is 2.35 bits per heavy atom. The zero-order valence-corrected chi connectivity index (χ0v) is 11.8. The predicted octanol–water partition coefficient (Wildman–Crippen LogP) is 3.95. The number of hydrogen-bond acceptors (Lipinski definition) is 3. The van der Waals surface area contributed by atoms with E-state index in [4.69, 9.17) is 18.7 Å². The molecule has 0 unspecified atom stereocenters. The van der Waals surface area contributed by atoms with E-state index in [2.05, 4.69) is 26.6 Å². The third-order valence-electron chi connectivity index (χ3n) is 3.03. The van der Waals surface area contributed by atoms with Crippen LogP contribution in [0.25, 0.3) is 9.69 Å². The molecule has 1 N–H and O–H groups in total. The van der Waals surface area contributed by atoms with Crippen LogP contribution in [0.4, 0.5) is 11.4 Å². The Morgan fingerprint density at radius 1 is 1.20 bits per heavy atom. The maximum atomic E-state index is 7.19. The van der Waals surface area contributed by atoms with E-state index >= 15 is 0 Å². The molecule has 20 heavy (non-hydrogen) atoms. The Balaban J connectivity index is 3.00. The highest BCUT2D eigenvalue weighted by Gasteiger charge is 2.11. The lowest BCUT2D eigenvalue weighted by molar-refractivity contribution is 0.833. The van der Waals surface area contributed by atoms with Crippen LogP contribution in [0.3, 0.4) is 0 Å². The second-order valence-corrected chi connectivity index (χ2v) is 4.43. The van der Waals surface area contributed by atoms with Crippen molar-refractivity contribution in [3.63, 3.8) is 0 Å². The maximum absolute atomic E-state index is 7.19. The number of hydrogen-bond donors (Lipinski definition) is 1. The van der Waals surface area contributed by atoms with Gasteiger partial charge in [0.15, 0.2) is 0 Å². The van der Waals surface area contributed by atoms with Crippen LogP contribution >= 0.6 is 0 Å². The normalized spacial score (nSPS) is 9.55. The molecule has 0 aliphatic carbocycles. The highest BCUT2D eigenvalue weighted by atomic mass is 15.1. The van der Waals surface area contributed by atoms with E-state index < -0.39 is 0 Å². The molecular formula is C15H19N5. The molecule has 0 aliphatic rings. The summed E-state index contributed by atoms with van der Waals surface area (Å²) in [6, 6.07) is 5.79. The van der Waals surface area contributed by atoms with Crippen molar-refractivity contribution < 1.29 is 0 Å². The highest BCUT2D eigenvalue weighted by molar-refractivity contribution is 5.58. The van der Waals surface area contributed by atoms with Crippen molar-refractivity contribution >= 4 is 11.4 Å². The van der Waals surface area contributed by atoms with Crippen molar-refractivity contribution in [2.45, 2.75) is 19.8 Å². The monoisotopic (exact) mass is 269 g/mol. The van der Waals surface area contributed by atoms with Gasteiger partial charge in [-0.15, -0.1) is 0 Å². The van der Waals surface area contributed by atoms with Crippen molar-refractivity contribution in [1.29, 1.82) is 5.53 Å². The fourth-order valence-electron chi connectivity index (χ4n) is 2.06. The minimum atomic E-state index is 0.422. The first kappa shape index (κ1) is 15.7. The van der Waals surface area contributed by atoms with Crippen molar-refractivity contribution in [1.82, 2.24) is 0 Å². The van der Waals surface area contributed by atoms with Crippen LogP contribution in [0, 0.1) is 18.7 Å². The Hall–Kier alpha value is -2.40. The summed E-state index contributed by atoms with van der Waals surface area (Å²) in [5, 5.41) is 3.55. The van der Waals surface area contributed by atoms with Gasteiger partial charge in [0.2, 0.25) is 13.1 Å². The average Bonchev–Trinajstić information content (AvgIpc) is 2.48. The van der Waals surface area contributed by atoms with Crippen molar-refractivity contribution in [2.75, 3.05) is 31.1 Å². The van der Waals surface area contributed by atoms with E-state index in [1.165, 1.54) is 0 Å². The molecule has 0 aromatic heterocycles. The molecular weight excluding hydrogens is 250 g/mol. The molecule has 1 aromatic rings. The molecule has 5 nitrogen and oxygen atoms in total. The van der Waals surface area contributed by atoms with E-state index in [1.807, 2.05) is 18.2 Å². The van der Waals surface area contributed by atoms with E-state index in [1.54, 1.807) is 0 Å². The predicted molar refractivity (Wildman–Crippen MR) is 80.4 cm³/mol. The van der Waals surface area contributed by atoms with E-state index in [0.717, 1.165) is 24.1 Å². The summed E-state index contributed by atoms with van der Waals surface area (Å²) in [5.74, 6) is 0. The van der Waals surface area contributed by atoms with Gasteiger partial charge in [-0.1, -0.05) is 13.3 Å². The van der Waals surface area contributed by atoms with Gasteiger partial charge in [-0.05, 0) is 30.2 Å². The maximum Gasteiger partial charge on any atom is 0.231 e. The third kappa shape index (κ3) is 4.37. The summed E-state index contributed by atoms with van der Waals surface area (Å²) in [5.41, 5.74) is 9.95. The van der Waals surface area contributed by atoms with Gasteiger partial charge in [-0.3, -0.25) is 0 Å². The summed E-state index contributed by atoms with van der Waals surface area (Å²) in [6.07, 6.45) is 1.88. The Bertz CT molecular complexity index is 506. The summed E-state index contributed by atoms with van der Waals surface area (Å²) >= 11 is 0. The first-order chi connectivity index (χ1) is 9.76. The molecule has 0 fully saturated rings. The van der Waals surface area contributed by atoms with Gasteiger partial charge in [-0.2, -0.15) is 5.11 Å². The quantitative estimate of drug-likeness (QED) is 0.564. The average molecular weight is 269 g/mol. The Kier molecular flexibility index (Phi) is 6.78. The fourth-order valence-corrected chi connectivity index (χ4v) is 2.06. The molecule has 1 aromatic carbocycles. The minimum Gasteiger partial charge on any atom is -0.357 e. The number of benzene rings is 1. The van der Waals surface area contributed by atoms with Gasteiger partial charge in [0, 0.05) is 5.69 Å². The van der Waals surface area contributed by atoms with Crippen LogP contribution in [-0.4, -0.2) is 26.2 Å². The molecule has 0 heterocycles. The van der Waals surface area contributed by atoms with E-state index in [0.29, 0.717) is 31.9 Å². The first-order valence-corrected chi connectivity index (χ1v) is 6.68. The van der Waals surface area contributed by atoms with Crippen LogP contribution in [0.5, 0.6) is 0 Å². The van der Waals surface area contributed by atoms with Gasteiger partial charge in [0.05, 0.1) is 18.8 Å². The number of nitrogens with one attached hydrogen (secondary N) is 1. The molecule has 0 aliphatic heterocycles. The number of anilines is 1. The summed E-state index contributed by atoms with van der Waals surface area (Å²) in [7, 11) is 0. The second-order valence-electron chi connectivity index (χ2n) is 4.43. The lowest BCUT2D eigenvalue weighted by atomic mass is 10.1. The molecule has 0 amide bonds. The molecule has 0 spiro atoms. The second kappa shape index (κ2) is 8.66. The molecule has 5 heteroatoms. The Morgan fingerprint density at radius 2 is 1.85 bits per heavy atom. The van der Waals surface area contributed by atoms with Crippen LogP contribution in [0.2, 0.25) is 0 Å². The standard InChI is InChI=1S/C15H19N5/c1-4-5-13-12-14(6-7-15(13)19-16)20(10-8-17-2)11-9-18-3/h6-7,12,16H,4-5,8-11H2,1H3. The topological polar surface area (TPSA) is 48.2 Å². The van der Waals surface area contributed by atoms with Crippen LogP contribution < -0.4 is 4.90 Å². The molecule has 0 atom stereocenters. The fraction of sp³-hybridized carbons (Fsp3) is 0.467. The first-order valence-electron chi connectivity index (χ1n) is 6.68. The molecule has 1 rings (SSSR count). The smallest absolute Gasteiger partial charge is 0.231 e. The summed E-state index contributed by atoms with van der Waals surface area (Å²) in [4.78, 5) is 8.83. The molecule has 0 radical (unpaired) electrons. The molecule has 0 saturated carbocycles. The minimum absolute atomic E-state index is 0.422. The molecule has 104 valence electrons. The van der Waals surface area contributed by atoms with Gasteiger partial charge in [0.1, 0.15) is 0 Å². The van der Waals surface area contributed by atoms with Gasteiger partial charge < -0.3 is 14.6 Å². The van der Waals surface area contributed by atoms with Crippen LogP contribution in [0.1, 0.15) is 18.9 Å². The summed E-state index contributed by atoms with van der Waals surface area (Å²) < 4.78 is 0. The van der Waals surface area contributed by atoms with Gasteiger partial charge in [-0.25, -0.2) is 18.7 Å². The highest BCUT2D eigenvalue weighted by Crippen LogP contribution is 2.26. The van der Waals surface area contributed by atoms with Crippen LogP contribution in [-0.2, 0) is 6.42 Å². The Labute approximate surface area is 120 Å². The molecule has 0 bridgehead atoms. The lowest BCUT2D eigenvalue weighted by Gasteiger charge is -2.21. The van der Waals surface area contributed by atoms with Crippen LogP contribution in [0.15, 0.2) is 23.3 Å². The van der Waals surface area contributed by atoms with Gasteiger partial charge >= 0.3 is 0 Å². The largest absolute Gasteiger partial charge is 0.357 e. The third-order valence-corrected chi connectivity index (χ3v) is 3.03. The van der Waals surface area contributed by atoms with E-state index in [-0.39, 0.29) is 0 Å². The number of aryl methyl sites for hydroxylation is 1. The lowest BCUT2D eigenvalue weighted by Crippen LogP contribution is -2.28. The molecule has 0 saturated heterocycles. The number of rotatable bonds is 8. The van der Waals surface area contributed by atoms with Gasteiger partial charge in [0.25, 0.3) is 0 Å². The van der Waals surface area contributed by atoms with Crippen molar-refractivity contribution in [2.24, 2.45) is 5.11 Å².